The van der Waals surface area contributed by atoms with Crippen LogP contribution in [0.5, 0.6) is 0 Å². The fraction of sp³-hybridized carbons (Fsp3) is 0.579. The Morgan fingerprint density at radius 3 is 2.95 bits per heavy atom. The molecule has 3 heteroatoms. The van der Waals surface area contributed by atoms with Crippen molar-refractivity contribution in [3.05, 3.63) is 33.9 Å². The van der Waals surface area contributed by atoms with E-state index in [0.29, 0.717) is 12.1 Å². The van der Waals surface area contributed by atoms with Gasteiger partial charge in [0.25, 0.3) is 0 Å². The van der Waals surface area contributed by atoms with Crippen LogP contribution in [0.1, 0.15) is 62.7 Å². The summed E-state index contributed by atoms with van der Waals surface area (Å²) in [6, 6.07) is 7.84. The van der Waals surface area contributed by atoms with Crippen LogP contribution in [0.15, 0.2) is 22.7 Å². The zero-order chi connectivity index (χ0) is 15.1. The molecule has 0 saturated heterocycles. The summed E-state index contributed by atoms with van der Waals surface area (Å²) in [5.41, 5.74) is 4.29. The largest absolute Gasteiger partial charge is 0.357 e. The summed E-state index contributed by atoms with van der Waals surface area (Å²) in [7, 11) is 0. The molecule has 0 aliphatic heterocycles. The highest BCUT2D eigenvalue weighted by molar-refractivity contribution is 9.10. The van der Waals surface area contributed by atoms with Crippen LogP contribution in [0.3, 0.4) is 0 Å². The highest BCUT2D eigenvalue weighted by Crippen LogP contribution is 2.37. The van der Waals surface area contributed by atoms with Crippen molar-refractivity contribution in [3.63, 3.8) is 0 Å². The highest BCUT2D eigenvalue weighted by Gasteiger charge is 2.27. The second-order valence-electron chi connectivity index (χ2n) is 7.29. The normalized spacial score (nSPS) is 28.7. The Labute approximate surface area is 141 Å². The Hall–Kier alpha value is -0.800. The van der Waals surface area contributed by atoms with Gasteiger partial charge in [-0.1, -0.05) is 35.7 Å². The van der Waals surface area contributed by atoms with Crippen molar-refractivity contribution in [1.82, 2.24) is 10.3 Å². The van der Waals surface area contributed by atoms with E-state index in [4.69, 9.17) is 0 Å². The van der Waals surface area contributed by atoms with Crippen LogP contribution in [0.2, 0.25) is 0 Å². The molecule has 2 nitrogen and oxygen atoms in total. The minimum atomic E-state index is 0.519. The zero-order valence-electron chi connectivity index (χ0n) is 13.3. The van der Waals surface area contributed by atoms with E-state index >= 15 is 0 Å². The minimum absolute atomic E-state index is 0.519. The van der Waals surface area contributed by atoms with Crippen LogP contribution in [0, 0.1) is 5.92 Å². The maximum Gasteiger partial charge on any atom is 0.0478 e. The minimum Gasteiger partial charge on any atom is -0.357 e. The lowest BCUT2D eigenvalue weighted by Gasteiger charge is -2.33. The van der Waals surface area contributed by atoms with Crippen molar-refractivity contribution in [1.29, 1.82) is 0 Å². The zero-order valence-corrected chi connectivity index (χ0v) is 14.9. The molecule has 3 unspecified atom stereocenters. The van der Waals surface area contributed by atoms with E-state index in [0.717, 1.165) is 5.92 Å². The van der Waals surface area contributed by atoms with Gasteiger partial charge in [0.1, 0.15) is 0 Å². The molecular weight excluding hydrogens is 336 g/mol. The van der Waals surface area contributed by atoms with E-state index in [-0.39, 0.29) is 0 Å². The summed E-state index contributed by atoms with van der Waals surface area (Å²) in [5, 5.41) is 5.39. The standard InChI is InChI=1S/C19H25BrN2/c1-12-4-2-5-14(10-12)21-18-7-3-6-15-16-11-13(20)8-9-17(16)22-19(15)18/h8-9,11-12,14,18,21-22H,2-7,10H2,1H3. The smallest absolute Gasteiger partial charge is 0.0478 e. The van der Waals surface area contributed by atoms with Crippen LogP contribution in [-0.4, -0.2) is 11.0 Å². The quantitative estimate of drug-likeness (QED) is 0.729. The predicted molar refractivity (Wildman–Crippen MR) is 96.2 cm³/mol. The summed E-state index contributed by atoms with van der Waals surface area (Å²) in [4.78, 5) is 3.71. The first-order valence-corrected chi connectivity index (χ1v) is 9.56. The van der Waals surface area contributed by atoms with Crippen LogP contribution in [0.25, 0.3) is 10.9 Å². The summed E-state index contributed by atoms with van der Waals surface area (Å²) < 4.78 is 1.18. The molecule has 1 aromatic carbocycles. The third kappa shape index (κ3) is 2.74. The Balaban J connectivity index is 1.63. The van der Waals surface area contributed by atoms with Gasteiger partial charge in [-0.25, -0.2) is 0 Å². The molecule has 22 heavy (non-hydrogen) atoms. The summed E-state index contributed by atoms with van der Waals surface area (Å²) in [6.45, 7) is 2.40. The number of benzene rings is 1. The fourth-order valence-electron chi connectivity index (χ4n) is 4.47. The maximum atomic E-state index is 3.98. The molecule has 1 aromatic heterocycles. The molecule has 1 fully saturated rings. The van der Waals surface area contributed by atoms with Crippen molar-refractivity contribution in [2.24, 2.45) is 5.92 Å². The average Bonchev–Trinajstić information content (AvgIpc) is 2.87. The number of hydrogen-bond donors (Lipinski definition) is 2. The first-order valence-electron chi connectivity index (χ1n) is 8.77. The second kappa shape index (κ2) is 6.01. The topological polar surface area (TPSA) is 27.8 Å². The average molecular weight is 361 g/mol. The van der Waals surface area contributed by atoms with Gasteiger partial charge in [-0.2, -0.15) is 0 Å². The molecule has 1 saturated carbocycles. The molecule has 0 radical (unpaired) electrons. The van der Waals surface area contributed by atoms with Gasteiger partial charge in [-0.05, 0) is 61.8 Å². The summed E-state index contributed by atoms with van der Waals surface area (Å²) >= 11 is 3.62. The van der Waals surface area contributed by atoms with Crippen LogP contribution in [0.4, 0.5) is 0 Å². The molecule has 0 amide bonds. The Morgan fingerprint density at radius 2 is 2.09 bits per heavy atom. The van der Waals surface area contributed by atoms with Gasteiger partial charge in [0.2, 0.25) is 0 Å². The predicted octanol–water partition coefficient (Wildman–Crippen LogP) is 5.48. The van der Waals surface area contributed by atoms with Crippen molar-refractivity contribution >= 4 is 26.8 Å². The molecule has 2 aliphatic carbocycles. The Morgan fingerprint density at radius 1 is 1.18 bits per heavy atom. The molecule has 2 aromatic rings. The molecule has 2 aliphatic rings. The van der Waals surface area contributed by atoms with Crippen molar-refractivity contribution < 1.29 is 0 Å². The third-order valence-electron chi connectivity index (χ3n) is 5.54. The SMILES string of the molecule is CC1CCCC(NC2CCCc3c2[nH]c2ccc(Br)cc32)C1. The lowest BCUT2D eigenvalue weighted by Crippen LogP contribution is -2.37. The lowest BCUT2D eigenvalue weighted by atomic mass is 9.85. The third-order valence-corrected chi connectivity index (χ3v) is 6.04. The molecule has 1 heterocycles. The van der Waals surface area contributed by atoms with Gasteiger partial charge in [-0.3, -0.25) is 0 Å². The van der Waals surface area contributed by atoms with Gasteiger partial charge in [0.05, 0.1) is 0 Å². The fourth-order valence-corrected chi connectivity index (χ4v) is 4.83. The summed E-state index contributed by atoms with van der Waals surface area (Å²) in [5.74, 6) is 0.882. The molecule has 0 bridgehead atoms. The molecule has 3 atom stereocenters. The van der Waals surface area contributed by atoms with Crippen LogP contribution >= 0.6 is 15.9 Å². The number of halogens is 1. The van der Waals surface area contributed by atoms with E-state index in [9.17, 15) is 0 Å². The number of rotatable bonds is 2. The molecule has 0 spiro atoms. The van der Waals surface area contributed by atoms with Gasteiger partial charge in [0.15, 0.2) is 0 Å². The monoisotopic (exact) mass is 360 g/mol. The number of fused-ring (bicyclic) bond motifs is 3. The van der Waals surface area contributed by atoms with Crippen LogP contribution in [-0.2, 0) is 6.42 Å². The van der Waals surface area contributed by atoms with E-state index < -0.39 is 0 Å². The van der Waals surface area contributed by atoms with E-state index in [1.165, 1.54) is 66.0 Å². The van der Waals surface area contributed by atoms with Crippen molar-refractivity contribution in [3.8, 4) is 0 Å². The first-order chi connectivity index (χ1) is 10.7. The summed E-state index contributed by atoms with van der Waals surface area (Å²) in [6.07, 6.45) is 9.27. The first kappa shape index (κ1) is 14.8. The number of aryl methyl sites for hydroxylation is 1. The van der Waals surface area contributed by atoms with Crippen LogP contribution < -0.4 is 5.32 Å². The Bertz CT molecular complexity index is 675. The molecule has 118 valence electrons. The van der Waals surface area contributed by atoms with Gasteiger partial charge >= 0.3 is 0 Å². The van der Waals surface area contributed by atoms with Gasteiger partial charge in [-0.15, -0.1) is 0 Å². The van der Waals surface area contributed by atoms with Gasteiger partial charge < -0.3 is 10.3 Å². The van der Waals surface area contributed by atoms with Gasteiger partial charge in [0, 0.05) is 33.2 Å². The van der Waals surface area contributed by atoms with Crippen molar-refractivity contribution in [2.75, 3.05) is 0 Å². The Kier molecular flexibility index (Phi) is 4.04. The van der Waals surface area contributed by atoms with E-state index in [1.54, 1.807) is 5.56 Å². The van der Waals surface area contributed by atoms with Crippen molar-refractivity contribution in [2.45, 2.75) is 64.0 Å². The maximum absolute atomic E-state index is 3.98. The lowest BCUT2D eigenvalue weighted by molar-refractivity contribution is 0.270. The number of hydrogen-bond acceptors (Lipinski definition) is 1. The second-order valence-corrected chi connectivity index (χ2v) is 8.20. The number of aromatic nitrogens is 1. The highest BCUT2D eigenvalue weighted by atomic mass is 79.9. The van der Waals surface area contributed by atoms with E-state index in [1.807, 2.05) is 0 Å². The molecular formula is C19H25BrN2. The number of aromatic amines is 1. The number of nitrogens with one attached hydrogen (secondary N) is 2. The number of H-pyrrole nitrogens is 1. The molecule has 4 rings (SSSR count). The molecule has 2 N–H and O–H groups in total. The van der Waals surface area contributed by atoms with E-state index in [2.05, 4.69) is 51.4 Å².